The van der Waals surface area contributed by atoms with Gasteiger partial charge in [0, 0.05) is 18.1 Å². The number of carbonyl (C=O) groups excluding carboxylic acids is 1. The zero-order valence-electron chi connectivity index (χ0n) is 14.8. The van der Waals surface area contributed by atoms with E-state index >= 15 is 0 Å². The van der Waals surface area contributed by atoms with E-state index < -0.39 is 0 Å². The summed E-state index contributed by atoms with van der Waals surface area (Å²) in [6.45, 7) is 12.7. The summed E-state index contributed by atoms with van der Waals surface area (Å²) in [6.07, 6.45) is 7.10. The van der Waals surface area contributed by atoms with Gasteiger partial charge in [0.15, 0.2) is 0 Å². The van der Waals surface area contributed by atoms with E-state index in [0.29, 0.717) is 0 Å². The Morgan fingerprint density at radius 2 is 1.74 bits per heavy atom. The predicted molar refractivity (Wildman–Crippen MR) is 102 cm³/mol. The molecular formula is C22H26O. The lowest BCUT2D eigenvalue weighted by molar-refractivity contribution is -0.111. The molecule has 0 saturated heterocycles. The van der Waals surface area contributed by atoms with E-state index in [2.05, 4.69) is 30.3 Å². The number of ketones is 1. The van der Waals surface area contributed by atoms with E-state index in [4.69, 9.17) is 0 Å². The molecule has 1 aromatic rings. The quantitative estimate of drug-likeness (QED) is 0.409. The third-order valence-corrected chi connectivity index (χ3v) is 2.07. The summed E-state index contributed by atoms with van der Waals surface area (Å²) in [6, 6.07) is 9.95. The highest BCUT2D eigenvalue weighted by atomic mass is 16.1. The molecule has 0 fully saturated rings. The molecule has 23 heavy (non-hydrogen) atoms. The molecule has 120 valence electrons. The number of allylic oxidation sites excluding steroid dienone is 5. The largest absolute Gasteiger partial charge is 0.285 e. The van der Waals surface area contributed by atoms with E-state index in [1.165, 1.54) is 6.92 Å². The molecule has 0 atom stereocenters. The van der Waals surface area contributed by atoms with Crippen LogP contribution in [-0.4, -0.2) is 5.78 Å². The summed E-state index contributed by atoms with van der Waals surface area (Å²) in [7, 11) is 0. The molecule has 0 aliphatic rings. The minimum atomic E-state index is -0.130. The number of carbonyl (C=O) groups is 1. The lowest BCUT2D eigenvalue weighted by Gasteiger charge is -1.84. The van der Waals surface area contributed by atoms with Gasteiger partial charge >= 0.3 is 0 Å². The maximum atomic E-state index is 10.5. The third-order valence-electron chi connectivity index (χ3n) is 2.07. The van der Waals surface area contributed by atoms with Crippen LogP contribution in [0.2, 0.25) is 0 Å². The highest BCUT2D eigenvalue weighted by Crippen LogP contribution is 1.95. The van der Waals surface area contributed by atoms with Crippen molar-refractivity contribution in [3.8, 4) is 23.7 Å². The van der Waals surface area contributed by atoms with Gasteiger partial charge in [-0.1, -0.05) is 68.7 Å². The summed E-state index contributed by atoms with van der Waals surface area (Å²) in [5.74, 6) is 10.8. The highest BCUT2D eigenvalue weighted by Gasteiger charge is 1.83. The molecule has 0 unspecified atom stereocenters. The van der Waals surface area contributed by atoms with Crippen LogP contribution < -0.4 is 0 Å². The number of rotatable bonds is 2. The maximum Gasteiger partial charge on any atom is 0.202 e. The molecule has 0 saturated carbocycles. The van der Waals surface area contributed by atoms with Crippen molar-refractivity contribution >= 4 is 5.78 Å². The van der Waals surface area contributed by atoms with Gasteiger partial charge in [0.1, 0.15) is 0 Å². The van der Waals surface area contributed by atoms with Crippen LogP contribution in [0.4, 0.5) is 0 Å². The molecule has 1 heteroatoms. The summed E-state index contributed by atoms with van der Waals surface area (Å²) in [5, 5.41) is 0. The van der Waals surface area contributed by atoms with E-state index in [-0.39, 0.29) is 5.78 Å². The monoisotopic (exact) mass is 306 g/mol. The SMILES string of the molecule is C=C/C=C(C#CC(C)=O)\C=C/C.CC.CC#Cc1ccccc1. The van der Waals surface area contributed by atoms with Crippen LogP contribution >= 0.6 is 0 Å². The first-order valence-corrected chi connectivity index (χ1v) is 7.59. The van der Waals surface area contributed by atoms with Crippen molar-refractivity contribution < 1.29 is 4.79 Å². The Kier molecular flexibility index (Phi) is 16.9. The molecule has 0 radical (unpaired) electrons. The first-order chi connectivity index (χ1) is 11.1. The van der Waals surface area contributed by atoms with Crippen LogP contribution in [0.25, 0.3) is 0 Å². The number of hydrogen-bond acceptors (Lipinski definition) is 1. The summed E-state index contributed by atoms with van der Waals surface area (Å²) >= 11 is 0. The molecule has 1 nitrogen and oxygen atoms in total. The Morgan fingerprint density at radius 1 is 1.13 bits per heavy atom. The Labute approximate surface area is 141 Å². The van der Waals surface area contributed by atoms with Crippen LogP contribution in [0.5, 0.6) is 0 Å². The normalized spacial score (nSPS) is 8.83. The Morgan fingerprint density at radius 3 is 2.17 bits per heavy atom. The van der Waals surface area contributed by atoms with Crippen molar-refractivity contribution in [3.05, 3.63) is 72.4 Å². The Bertz CT molecular complexity index is 623. The average molecular weight is 306 g/mol. The predicted octanol–water partition coefficient (Wildman–Crippen LogP) is 5.35. The smallest absolute Gasteiger partial charge is 0.202 e. The summed E-state index contributed by atoms with van der Waals surface area (Å²) in [5.41, 5.74) is 1.88. The molecule has 0 spiro atoms. The minimum absolute atomic E-state index is 0.130. The molecule has 0 amide bonds. The first-order valence-electron chi connectivity index (χ1n) is 7.59. The van der Waals surface area contributed by atoms with E-state index in [0.717, 1.165) is 11.1 Å². The van der Waals surface area contributed by atoms with Crippen molar-refractivity contribution in [2.75, 3.05) is 0 Å². The second-order valence-corrected chi connectivity index (χ2v) is 3.90. The lowest BCUT2D eigenvalue weighted by Crippen LogP contribution is -1.81. The van der Waals surface area contributed by atoms with Crippen LogP contribution in [-0.2, 0) is 4.79 Å². The fourth-order valence-electron chi connectivity index (χ4n) is 1.27. The van der Waals surface area contributed by atoms with Crippen molar-refractivity contribution in [2.24, 2.45) is 0 Å². The minimum Gasteiger partial charge on any atom is -0.285 e. The first kappa shape index (κ1) is 22.5. The zero-order valence-corrected chi connectivity index (χ0v) is 14.8. The van der Waals surface area contributed by atoms with Gasteiger partial charge in [-0.25, -0.2) is 0 Å². The van der Waals surface area contributed by atoms with E-state index in [9.17, 15) is 4.79 Å². The van der Waals surface area contributed by atoms with Gasteiger partial charge in [0.05, 0.1) is 0 Å². The zero-order chi connectivity index (χ0) is 17.9. The van der Waals surface area contributed by atoms with Crippen LogP contribution in [0.3, 0.4) is 0 Å². The van der Waals surface area contributed by atoms with Crippen molar-refractivity contribution in [1.82, 2.24) is 0 Å². The molecule has 0 N–H and O–H groups in total. The molecule has 1 aromatic carbocycles. The molecular weight excluding hydrogens is 280 g/mol. The van der Waals surface area contributed by atoms with Crippen molar-refractivity contribution in [2.45, 2.75) is 34.6 Å². The topological polar surface area (TPSA) is 17.1 Å². The molecule has 0 aliphatic heterocycles. The van der Waals surface area contributed by atoms with Crippen LogP contribution in [0, 0.1) is 23.7 Å². The maximum absolute atomic E-state index is 10.5. The van der Waals surface area contributed by atoms with Gasteiger partial charge < -0.3 is 0 Å². The fourth-order valence-corrected chi connectivity index (χ4v) is 1.27. The van der Waals surface area contributed by atoms with E-state index in [1.54, 1.807) is 12.2 Å². The van der Waals surface area contributed by atoms with Crippen molar-refractivity contribution in [3.63, 3.8) is 0 Å². The second kappa shape index (κ2) is 17.3. The van der Waals surface area contributed by atoms with Crippen LogP contribution in [0.15, 0.2) is 66.8 Å². The van der Waals surface area contributed by atoms with Gasteiger partial charge in [0.25, 0.3) is 0 Å². The molecule has 0 bridgehead atoms. The van der Waals surface area contributed by atoms with Crippen molar-refractivity contribution in [1.29, 1.82) is 0 Å². The van der Waals surface area contributed by atoms with E-state index in [1.807, 2.05) is 70.2 Å². The lowest BCUT2D eigenvalue weighted by atomic mass is 10.2. The molecule has 1 rings (SSSR count). The summed E-state index contributed by atoms with van der Waals surface area (Å²) in [4.78, 5) is 10.5. The number of hydrogen-bond donors (Lipinski definition) is 0. The van der Waals surface area contributed by atoms with Crippen LogP contribution in [0.1, 0.15) is 40.2 Å². The second-order valence-electron chi connectivity index (χ2n) is 3.90. The van der Waals surface area contributed by atoms with Gasteiger partial charge in [-0.05, 0) is 38.0 Å². The van der Waals surface area contributed by atoms with Gasteiger partial charge in [-0.2, -0.15) is 0 Å². The molecule has 0 aromatic heterocycles. The van der Waals surface area contributed by atoms with Gasteiger partial charge in [-0.3, -0.25) is 4.79 Å². The average Bonchev–Trinajstić information content (AvgIpc) is 2.57. The van der Waals surface area contributed by atoms with Gasteiger partial charge in [-0.15, -0.1) is 5.92 Å². The number of Topliss-reactive ketones (excluding diaryl/α,β-unsaturated/α-hetero) is 1. The Hall–Kier alpha value is -2.77. The fraction of sp³-hybridized carbons (Fsp3) is 0.227. The molecule has 0 heterocycles. The summed E-state index contributed by atoms with van der Waals surface area (Å²) < 4.78 is 0. The highest BCUT2D eigenvalue weighted by molar-refractivity contribution is 5.93. The number of benzene rings is 1. The standard InChI is InChI=1S/C11H12O.C9H8.C2H6/c1-4-6-11(7-5-2)9-8-10(3)12;1-2-6-9-7-4-3-5-8-9;1-2/h4-7H,1H2,2-3H3;3-5,7-8H,1H3;1-2H3/b7-5-,11-6+;;. The molecule has 0 aliphatic carbocycles. The van der Waals surface area contributed by atoms with Gasteiger partial charge in [0.2, 0.25) is 5.78 Å². The third kappa shape index (κ3) is 15.4. The Balaban J connectivity index is 0.